The number of hydrogen-bond donors (Lipinski definition) is 1. The Morgan fingerprint density at radius 1 is 1.10 bits per heavy atom. The SMILES string of the molecule is C[O-].Cc1ccc(C(N)=O)nc1-c1ccccc1.Cl.[Na+]. The van der Waals surface area contributed by atoms with Gasteiger partial charge >= 0.3 is 29.6 Å². The molecule has 0 spiro atoms. The van der Waals surface area contributed by atoms with Gasteiger partial charge in [0.2, 0.25) is 0 Å². The molecule has 0 bridgehead atoms. The Kier molecular flexibility index (Phi) is 11.6. The summed E-state index contributed by atoms with van der Waals surface area (Å²) >= 11 is 0. The zero-order chi connectivity index (χ0) is 13.5. The molecule has 1 amide bonds. The molecule has 6 heteroatoms. The van der Waals surface area contributed by atoms with Crippen molar-refractivity contribution in [3.8, 4) is 11.3 Å². The van der Waals surface area contributed by atoms with Crippen molar-refractivity contribution in [3.05, 3.63) is 53.7 Å². The molecule has 0 radical (unpaired) electrons. The van der Waals surface area contributed by atoms with Gasteiger partial charge in [-0.05, 0) is 18.6 Å². The van der Waals surface area contributed by atoms with Gasteiger partial charge in [0.05, 0.1) is 5.69 Å². The maximum atomic E-state index is 11.1. The van der Waals surface area contributed by atoms with Gasteiger partial charge in [-0.25, -0.2) is 4.98 Å². The molecular weight excluding hydrogens is 287 g/mol. The number of aromatic nitrogens is 1. The Morgan fingerprint density at radius 2 is 1.65 bits per heavy atom. The van der Waals surface area contributed by atoms with E-state index in [1.165, 1.54) is 0 Å². The van der Waals surface area contributed by atoms with Crippen molar-refractivity contribution < 1.29 is 39.5 Å². The quantitative estimate of drug-likeness (QED) is 0.690. The number of nitrogens with two attached hydrogens (primary N) is 1. The predicted octanol–water partition coefficient (Wildman–Crippen LogP) is -1.44. The molecule has 0 saturated heterocycles. The molecule has 1 aromatic heterocycles. The van der Waals surface area contributed by atoms with Crippen molar-refractivity contribution in [2.24, 2.45) is 5.73 Å². The summed E-state index contributed by atoms with van der Waals surface area (Å²) in [6.07, 6.45) is 0. The van der Waals surface area contributed by atoms with E-state index in [0.29, 0.717) is 5.69 Å². The minimum Gasteiger partial charge on any atom is -0.857 e. The first kappa shape index (κ1) is 21.4. The van der Waals surface area contributed by atoms with Gasteiger partial charge in [0, 0.05) is 5.56 Å². The van der Waals surface area contributed by atoms with Crippen molar-refractivity contribution in [1.82, 2.24) is 4.98 Å². The molecule has 0 saturated carbocycles. The fourth-order valence-electron chi connectivity index (χ4n) is 1.55. The molecule has 0 unspecified atom stereocenters. The Hall–Kier alpha value is -0.910. The van der Waals surface area contributed by atoms with Gasteiger partial charge in [0.15, 0.2) is 0 Å². The summed E-state index contributed by atoms with van der Waals surface area (Å²) in [5.74, 6) is -0.503. The van der Waals surface area contributed by atoms with Crippen molar-refractivity contribution >= 4 is 18.3 Å². The number of halogens is 1. The molecule has 0 aliphatic heterocycles. The van der Waals surface area contributed by atoms with E-state index in [4.69, 9.17) is 10.8 Å². The third-order valence-electron chi connectivity index (χ3n) is 2.40. The Bertz CT molecular complexity index is 536. The molecule has 0 aliphatic carbocycles. The summed E-state index contributed by atoms with van der Waals surface area (Å²) in [6.45, 7) is 1.96. The third-order valence-corrected chi connectivity index (χ3v) is 2.40. The summed E-state index contributed by atoms with van der Waals surface area (Å²) in [5, 5.41) is 8.25. The van der Waals surface area contributed by atoms with E-state index in [0.717, 1.165) is 23.9 Å². The van der Waals surface area contributed by atoms with Crippen LogP contribution in [-0.2, 0) is 0 Å². The zero-order valence-electron chi connectivity index (χ0n) is 11.8. The van der Waals surface area contributed by atoms with Gasteiger partial charge < -0.3 is 10.8 Å². The third kappa shape index (κ3) is 5.61. The molecular formula is C14H16ClN2NaO2. The van der Waals surface area contributed by atoms with E-state index < -0.39 is 5.91 Å². The van der Waals surface area contributed by atoms with Crippen molar-refractivity contribution in [2.75, 3.05) is 7.11 Å². The van der Waals surface area contributed by atoms with E-state index in [1.807, 2.05) is 43.3 Å². The second-order valence-electron chi connectivity index (χ2n) is 3.59. The van der Waals surface area contributed by atoms with Gasteiger partial charge in [-0.2, -0.15) is 7.11 Å². The number of aryl methyl sites for hydroxylation is 1. The number of nitrogens with zero attached hydrogens (tertiary/aromatic N) is 1. The van der Waals surface area contributed by atoms with E-state index in [-0.39, 0.29) is 42.0 Å². The first-order valence-corrected chi connectivity index (χ1v) is 5.42. The fraction of sp³-hybridized carbons (Fsp3) is 0.143. The summed E-state index contributed by atoms with van der Waals surface area (Å²) in [6, 6.07) is 13.2. The average molecular weight is 303 g/mol. The first-order valence-electron chi connectivity index (χ1n) is 5.42. The molecule has 2 N–H and O–H groups in total. The van der Waals surface area contributed by atoms with Gasteiger partial charge in [-0.3, -0.25) is 4.79 Å². The van der Waals surface area contributed by atoms with E-state index >= 15 is 0 Å². The van der Waals surface area contributed by atoms with E-state index in [9.17, 15) is 4.79 Å². The van der Waals surface area contributed by atoms with Crippen LogP contribution < -0.4 is 40.4 Å². The molecule has 20 heavy (non-hydrogen) atoms. The van der Waals surface area contributed by atoms with Crippen LogP contribution in [0.2, 0.25) is 0 Å². The van der Waals surface area contributed by atoms with Crippen molar-refractivity contribution in [1.29, 1.82) is 0 Å². The number of carbonyl (C=O) groups excluding carboxylic acids is 1. The van der Waals surface area contributed by atoms with Crippen molar-refractivity contribution in [2.45, 2.75) is 6.92 Å². The zero-order valence-corrected chi connectivity index (χ0v) is 14.6. The van der Waals surface area contributed by atoms with Crippen LogP contribution in [0.4, 0.5) is 0 Å². The van der Waals surface area contributed by atoms with Gasteiger partial charge in [0.1, 0.15) is 5.69 Å². The summed E-state index contributed by atoms with van der Waals surface area (Å²) in [7, 11) is 0.750. The maximum Gasteiger partial charge on any atom is 1.00 e. The minimum absolute atomic E-state index is 0. The molecule has 0 aliphatic rings. The Labute approximate surface area is 147 Å². The van der Waals surface area contributed by atoms with Crippen molar-refractivity contribution in [3.63, 3.8) is 0 Å². The second-order valence-corrected chi connectivity index (χ2v) is 3.59. The molecule has 2 rings (SSSR count). The Morgan fingerprint density at radius 3 is 2.15 bits per heavy atom. The van der Waals surface area contributed by atoms with Crippen LogP contribution in [0.15, 0.2) is 42.5 Å². The van der Waals surface area contributed by atoms with Gasteiger partial charge in [-0.1, -0.05) is 36.4 Å². The molecule has 4 nitrogen and oxygen atoms in total. The number of benzene rings is 1. The molecule has 0 atom stereocenters. The average Bonchev–Trinajstić information content (AvgIpc) is 2.42. The predicted molar refractivity (Wildman–Crippen MR) is 76.1 cm³/mol. The van der Waals surface area contributed by atoms with Crippen LogP contribution in [0.1, 0.15) is 16.1 Å². The summed E-state index contributed by atoms with van der Waals surface area (Å²) < 4.78 is 0. The molecule has 1 heterocycles. The molecule has 2 aromatic rings. The Balaban J connectivity index is 0. The standard InChI is InChI=1S/C13H12N2O.CH3O.ClH.Na/c1-9-7-8-11(13(14)16)15-12(9)10-5-3-2-4-6-10;1-2;;/h2-8H,1H3,(H2,14,16);1H3;1H;/q;-1;;+1. The van der Waals surface area contributed by atoms with Crippen LogP contribution in [-0.4, -0.2) is 18.0 Å². The normalized spacial score (nSPS) is 8.35. The monoisotopic (exact) mass is 302 g/mol. The minimum atomic E-state index is -0.503. The van der Waals surface area contributed by atoms with Crippen LogP contribution >= 0.6 is 12.4 Å². The molecule has 102 valence electrons. The maximum absolute atomic E-state index is 11.1. The largest absolute Gasteiger partial charge is 1.00 e. The van der Waals surface area contributed by atoms with Crippen LogP contribution in [0, 0.1) is 6.92 Å². The van der Waals surface area contributed by atoms with Crippen LogP contribution in [0.25, 0.3) is 11.3 Å². The van der Waals surface area contributed by atoms with E-state index in [1.54, 1.807) is 6.07 Å². The van der Waals surface area contributed by atoms with Gasteiger partial charge in [-0.15, -0.1) is 12.4 Å². The number of rotatable bonds is 2. The molecule has 0 fully saturated rings. The number of carbonyl (C=O) groups is 1. The topological polar surface area (TPSA) is 79.0 Å². The smallest absolute Gasteiger partial charge is 0.857 e. The summed E-state index contributed by atoms with van der Waals surface area (Å²) in [4.78, 5) is 15.3. The summed E-state index contributed by atoms with van der Waals surface area (Å²) in [5.41, 5.74) is 8.32. The number of hydrogen-bond acceptors (Lipinski definition) is 3. The first-order chi connectivity index (χ1) is 8.68. The van der Waals surface area contributed by atoms with Crippen LogP contribution in [0.3, 0.4) is 0 Å². The van der Waals surface area contributed by atoms with Crippen LogP contribution in [0.5, 0.6) is 0 Å². The number of amides is 1. The number of primary amides is 1. The molecule has 1 aromatic carbocycles. The fourth-order valence-corrected chi connectivity index (χ4v) is 1.55. The van der Waals surface area contributed by atoms with Gasteiger partial charge in [0.25, 0.3) is 5.91 Å². The van der Waals surface area contributed by atoms with E-state index in [2.05, 4.69) is 4.98 Å². The number of pyridine rings is 1. The second kappa shape index (κ2) is 10.8.